The van der Waals surface area contributed by atoms with Crippen LogP contribution in [0.3, 0.4) is 0 Å². The lowest BCUT2D eigenvalue weighted by Crippen LogP contribution is -2.44. The first kappa shape index (κ1) is 20.0. The maximum atomic E-state index is 13.1. The zero-order valence-corrected chi connectivity index (χ0v) is 17.5. The largest absolute Gasteiger partial charge is 0.337 e. The highest BCUT2D eigenvalue weighted by Crippen LogP contribution is 2.23. The number of likely N-dealkylation sites (tertiary alicyclic amines) is 1. The van der Waals surface area contributed by atoms with Crippen molar-refractivity contribution in [1.82, 2.24) is 14.7 Å². The Morgan fingerprint density at radius 3 is 2.62 bits per heavy atom. The summed E-state index contributed by atoms with van der Waals surface area (Å²) in [5.74, 6) is -0.0148. The summed E-state index contributed by atoms with van der Waals surface area (Å²) in [7, 11) is 0. The molecule has 5 nitrogen and oxygen atoms in total. The molecular formula is C22H26FN3O2S. The second kappa shape index (κ2) is 8.63. The number of aryl methyl sites for hydroxylation is 1. The van der Waals surface area contributed by atoms with E-state index in [9.17, 15) is 14.0 Å². The van der Waals surface area contributed by atoms with Gasteiger partial charge < -0.3 is 9.80 Å². The van der Waals surface area contributed by atoms with Crippen LogP contribution in [0.25, 0.3) is 0 Å². The Bertz CT molecular complexity index is 882. The molecule has 1 aromatic carbocycles. The van der Waals surface area contributed by atoms with E-state index in [-0.39, 0.29) is 23.7 Å². The average molecular weight is 416 g/mol. The molecule has 29 heavy (non-hydrogen) atoms. The van der Waals surface area contributed by atoms with Gasteiger partial charge in [0, 0.05) is 39.3 Å². The van der Waals surface area contributed by atoms with Gasteiger partial charge >= 0.3 is 0 Å². The molecule has 4 rings (SSSR count). The van der Waals surface area contributed by atoms with E-state index in [0.29, 0.717) is 19.6 Å². The number of carbonyl (C=O) groups excluding carboxylic acids is 2. The van der Waals surface area contributed by atoms with Gasteiger partial charge in [-0.1, -0.05) is 12.1 Å². The molecule has 1 atom stereocenters. The highest BCUT2D eigenvalue weighted by atomic mass is 32.1. The van der Waals surface area contributed by atoms with Crippen molar-refractivity contribution in [2.24, 2.45) is 0 Å². The molecule has 0 aliphatic carbocycles. The molecule has 2 aliphatic heterocycles. The van der Waals surface area contributed by atoms with Crippen molar-refractivity contribution < 1.29 is 14.0 Å². The van der Waals surface area contributed by atoms with Crippen LogP contribution in [0.4, 0.5) is 4.39 Å². The Morgan fingerprint density at radius 2 is 1.90 bits per heavy atom. The molecule has 0 N–H and O–H groups in total. The first-order valence-electron chi connectivity index (χ1n) is 10.1. The molecule has 0 spiro atoms. The van der Waals surface area contributed by atoms with Crippen molar-refractivity contribution in [3.63, 3.8) is 0 Å². The minimum Gasteiger partial charge on any atom is -0.337 e. The topological polar surface area (TPSA) is 43.9 Å². The molecule has 0 unspecified atom stereocenters. The zero-order valence-electron chi connectivity index (χ0n) is 16.6. The minimum atomic E-state index is -0.263. The van der Waals surface area contributed by atoms with Crippen molar-refractivity contribution in [2.75, 3.05) is 32.7 Å². The Hall–Kier alpha value is -2.25. The maximum absolute atomic E-state index is 13.1. The predicted molar refractivity (Wildman–Crippen MR) is 111 cm³/mol. The van der Waals surface area contributed by atoms with E-state index in [1.165, 1.54) is 23.5 Å². The molecule has 2 saturated heterocycles. The Labute approximate surface area is 174 Å². The number of nitrogens with zero attached hydrogens (tertiary/aromatic N) is 3. The fourth-order valence-corrected chi connectivity index (χ4v) is 5.11. The smallest absolute Gasteiger partial charge is 0.264 e. The third-order valence-corrected chi connectivity index (χ3v) is 6.88. The number of rotatable bonds is 4. The first-order valence-corrected chi connectivity index (χ1v) is 11.0. The highest BCUT2D eigenvalue weighted by Gasteiger charge is 2.36. The maximum Gasteiger partial charge on any atom is 0.264 e. The number of carbonyl (C=O) groups is 2. The third-order valence-electron chi connectivity index (χ3n) is 5.87. The Balaban J connectivity index is 1.36. The SMILES string of the molecule is Cc1ccsc1C(=O)N1CCCN([C@@H]2CCN(Cc3ccc(F)cc3)C2=O)CC1. The van der Waals surface area contributed by atoms with Crippen LogP contribution in [0.15, 0.2) is 35.7 Å². The minimum absolute atomic E-state index is 0.107. The second-order valence-corrected chi connectivity index (χ2v) is 8.72. The fourth-order valence-electron chi connectivity index (χ4n) is 4.22. The molecule has 2 aliphatic rings. The van der Waals surface area contributed by atoms with Crippen LogP contribution < -0.4 is 0 Å². The summed E-state index contributed by atoms with van der Waals surface area (Å²) >= 11 is 1.50. The standard InChI is InChI=1S/C22H26FN3O2S/c1-16-8-14-29-20(16)22(28)25-10-2-9-24(12-13-25)19-7-11-26(21(19)27)15-17-3-5-18(23)6-4-17/h3-6,8,14,19H,2,7,9-13,15H2,1H3/t19-/m1/s1. The molecule has 154 valence electrons. The fraction of sp³-hybridized carbons (Fsp3) is 0.455. The molecule has 1 aromatic heterocycles. The van der Waals surface area contributed by atoms with Gasteiger partial charge in [-0.3, -0.25) is 14.5 Å². The number of hydrogen-bond donors (Lipinski definition) is 0. The van der Waals surface area contributed by atoms with E-state index < -0.39 is 0 Å². The van der Waals surface area contributed by atoms with E-state index >= 15 is 0 Å². The zero-order chi connectivity index (χ0) is 20.4. The third kappa shape index (κ3) is 4.36. The van der Waals surface area contributed by atoms with E-state index in [4.69, 9.17) is 0 Å². The monoisotopic (exact) mass is 415 g/mol. The predicted octanol–water partition coefficient (Wildman–Crippen LogP) is 3.14. The van der Waals surface area contributed by atoms with Gasteiger partial charge in [0.1, 0.15) is 5.82 Å². The lowest BCUT2D eigenvalue weighted by Gasteiger charge is -2.26. The molecule has 0 radical (unpaired) electrons. The van der Waals surface area contributed by atoms with Gasteiger partial charge in [-0.05, 0) is 54.5 Å². The van der Waals surface area contributed by atoms with E-state index in [1.54, 1.807) is 12.1 Å². The van der Waals surface area contributed by atoms with Crippen LogP contribution in [-0.4, -0.2) is 65.3 Å². The lowest BCUT2D eigenvalue weighted by atomic mass is 10.2. The van der Waals surface area contributed by atoms with E-state index in [0.717, 1.165) is 48.5 Å². The highest BCUT2D eigenvalue weighted by molar-refractivity contribution is 7.12. The normalized spacial score (nSPS) is 20.9. The van der Waals surface area contributed by atoms with E-state index in [1.807, 2.05) is 28.2 Å². The summed E-state index contributed by atoms with van der Waals surface area (Å²) in [5.41, 5.74) is 1.97. The number of benzene rings is 1. The molecule has 2 fully saturated rings. The Morgan fingerprint density at radius 1 is 1.10 bits per heavy atom. The Kier molecular flexibility index (Phi) is 5.96. The number of halogens is 1. The molecule has 2 amide bonds. The van der Waals surface area contributed by atoms with Crippen LogP contribution >= 0.6 is 11.3 Å². The van der Waals surface area contributed by atoms with Crippen LogP contribution in [0, 0.1) is 12.7 Å². The molecule has 0 saturated carbocycles. The summed E-state index contributed by atoms with van der Waals surface area (Å²) in [6, 6.07) is 8.20. The molecule has 7 heteroatoms. The average Bonchev–Trinajstić information content (AvgIpc) is 3.20. The summed E-state index contributed by atoms with van der Waals surface area (Å²) in [4.78, 5) is 32.6. The summed E-state index contributed by atoms with van der Waals surface area (Å²) < 4.78 is 13.1. The molecular weight excluding hydrogens is 389 g/mol. The number of thiophene rings is 1. The van der Waals surface area contributed by atoms with Gasteiger partial charge in [-0.25, -0.2) is 4.39 Å². The summed E-state index contributed by atoms with van der Waals surface area (Å²) in [6.07, 6.45) is 1.68. The van der Waals surface area contributed by atoms with Crippen molar-refractivity contribution in [3.05, 3.63) is 57.5 Å². The summed E-state index contributed by atoms with van der Waals surface area (Å²) in [6.45, 7) is 6.14. The van der Waals surface area contributed by atoms with Crippen molar-refractivity contribution >= 4 is 23.2 Å². The molecule has 0 bridgehead atoms. The van der Waals surface area contributed by atoms with Gasteiger partial charge in [-0.2, -0.15) is 0 Å². The van der Waals surface area contributed by atoms with Gasteiger partial charge in [0.15, 0.2) is 0 Å². The van der Waals surface area contributed by atoms with Crippen LogP contribution in [0.1, 0.15) is 33.6 Å². The van der Waals surface area contributed by atoms with Crippen molar-refractivity contribution in [1.29, 1.82) is 0 Å². The molecule has 3 heterocycles. The van der Waals surface area contributed by atoms with Crippen molar-refractivity contribution in [2.45, 2.75) is 32.4 Å². The molecule has 2 aromatic rings. The van der Waals surface area contributed by atoms with Gasteiger partial charge in [0.05, 0.1) is 10.9 Å². The van der Waals surface area contributed by atoms with Crippen LogP contribution in [-0.2, 0) is 11.3 Å². The van der Waals surface area contributed by atoms with Crippen LogP contribution in [0.5, 0.6) is 0 Å². The number of hydrogen-bond acceptors (Lipinski definition) is 4. The van der Waals surface area contributed by atoms with Gasteiger partial charge in [0.2, 0.25) is 5.91 Å². The summed E-state index contributed by atoms with van der Waals surface area (Å²) in [5, 5.41) is 1.96. The second-order valence-electron chi connectivity index (χ2n) is 7.81. The van der Waals surface area contributed by atoms with Gasteiger partial charge in [0.25, 0.3) is 5.91 Å². The quantitative estimate of drug-likeness (QED) is 0.771. The lowest BCUT2D eigenvalue weighted by molar-refractivity contribution is -0.132. The first-order chi connectivity index (χ1) is 14.0. The van der Waals surface area contributed by atoms with Crippen LogP contribution in [0.2, 0.25) is 0 Å². The van der Waals surface area contributed by atoms with E-state index in [2.05, 4.69) is 4.90 Å². The van der Waals surface area contributed by atoms with Crippen molar-refractivity contribution in [3.8, 4) is 0 Å². The number of amides is 2. The van der Waals surface area contributed by atoms with Gasteiger partial charge in [-0.15, -0.1) is 11.3 Å².